The molecule has 1 aromatic heterocycles. The van der Waals surface area contributed by atoms with Gasteiger partial charge < -0.3 is 9.84 Å². The molecule has 0 aliphatic carbocycles. The van der Waals surface area contributed by atoms with Crippen LogP contribution in [0.2, 0.25) is 0 Å². The van der Waals surface area contributed by atoms with Crippen LogP contribution in [-0.4, -0.2) is 34.7 Å². The quantitative estimate of drug-likeness (QED) is 0.921. The zero-order chi connectivity index (χ0) is 15.5. The molecule has 0 spiro atoms. The average Bonchev–Trinajstić information content (AvgIpc) is 2.91. The molecule has 5 rings (SSSR count). The van der Waals surface area contributed by atoms with E-state index in [1.54, 1.807) is 13.0 Å². The van der Waals surface area contributed by atoms with Gasteiger partial charge in [0.1, 0.15) is 0 Å². The van der Waals surface area contributed by atoms with Crippen molar-refractivity contribution in [2.75, 3.05) is 18.4 Å². The second kappa shape index (κ2) is 4.69. The molecule has 2 bridgehead atoms. The average molecular weight is 303 g/mol. The van der Waals surface area contributed by atoms with Crippen molar-refractivity contribution in [2.24, 2.45) is 5.92 Å². The van der Waals surface area contributed by atoms with Gasteiger partial charge in [-0.25, -0.2) is 4.39 Å². The number of nitrogens with one attached hydrogen (secondary N) is 1. The molecule has 0 amide bonds. The van der Waals surface area contributed by atoms with Gasteiger partial charge in [0.2, 0.25) is 5.58 Å². The van der Waals surface area contributed by atoms with Crippen LogP contribution in [-0.2, 0) is 0 Å². The lowest BCUT2D eigenvalue weighted by atomic mass is 9.72. The summed E-state index contributed by atoms with van der Waals surface area (Å²) >= 11 is 0. The van der Waals surface area contributed by atoms with Crippen molar-refractivity contribution in [3.63, 3.8) is 0 Å². The molecule has 4 heterocycles. The second-order valence-electron chi connectivity index (χ2n) is 7.20. The van der Waals surface area contributed by atoms with Gasteiger partial charge in [0.25, 0.3) is 0 Å². The van der Waals surface area contributed by atoms with Crippen molar-refractivity contribution < 1.29 is 8.91 Å². The van der Waals surface area contributed by atoms with E-state index >= 15 is 0 Å². The number of aromatic nitrogens is 1. The summed E-state index contributed by atoms with van der Waals surface area (Å²) < 4.78 is 19.4. The number of benzene rings is 1. The highest BCUT2D eigenvalue weighted by atomic mass is 19.1. The van der Waals surface area contributed by atoms with Gasteiger partial charge in [-0.05, 0) is 64.3 Å². The third kappa shape index (κ3) is 1.88. The van der Waals surface area contributed by atoms with Crippen LogP contribution in [0.25, 0.3) is 11.0 Å². The Balaban J connectivity index is 1.70. The topological polar surface area (TPSA) is 41.3 Å². The van der Waals surface area contributed by atoms with Crippen LogP contribution < -0.4 is 5.32 Å². The van der Waals surface area contributed by atoms with E-state index in [2.05, 4.69) is 29.2 Å². The Bertz CT molecular complexity index is 716. The monoisotopic (exact) mass is 303 g/mol. The summed E-state index contributed by atoms with van der Waals surface area (Å²) in [6, 6.07) is 3.98. The smallest absolute Gasteiger partial charge is 0.204 e. The van der Waals surface area contributed by atoms with Gasteiger partial charge in [-0.2, -0.15) is 0 Å². The molecule has 118 valence electrons. The van der Waals surface area contributed by atoms with E-state index < -0.39 is 0 Å². The van der Waals surface area contributed by atoms with Crippen LogP contribution in [0.4, 0.5) is 10.2 Å². The van der Waals surface area contributed by atoms with Gasteiger partial charge in [-0.1, -0.05) is 11.2 Å². The molecule has 3 saturated heterocycles. The predicted octanol–water partition coefficient (Wildman–Crippen LogP) is 3.56. The molecule has 2 aromatic rings. The molecular weight excluding hydrogens is 281 g/mol. The van der Waals surface area contributed by atoms with E-state index in [0.29, 0.717) is 23.3 Å². The Labute approximate surface area is 129 Å². The summed E-state index contributed by atoms with van der Waals surface area (Å²) in [5, 5.41) is 8.39. The van der Waals surface area contributed by atoms with Crippen LogP contribution in [0.5, 0.6) is 0 Å². The van der Waals surface area contributed by atoms with Gasteiger partial charge in [-0.3, -0.25) is 4.90 Å². The third-order valence-electron chi connectivity index (χ3n) is 5.65. The number of hydrogen-bond acceptors (Lipinski definition) is 4. The summed E-state index contributed by atoms with van der Waals surface area (Å²) in [5.74, 6) is 0.994. The van der Waals surface area contributed by atoms with Crippen molar-refractivity contribution in [1.82, 2.24) is 10.1 Å². The van der Waals surface area contributed by atoms with Crippen LogP contribution in [0.1, 0.15) is 32.3 Å². The normalized spacial score (nSPS) is 29.9. The molecule has 3 aliphatic heterocycles. The number of fused-ring (bicyclic) bond motifs is 4. The van der Waals surface area contributed by atoms with Gasteiger partial charge in [0.05, 0.1) is 5.39 Å². The van der Waals surface area contributed by atoms with E-state index in [4.69, 9.17) is 4.52 Å². The van der Waals surface area contributed by atoms with Crippen LogP contribution >= 0.6 is 0 Å². The highest BCUT2D eigenvalue weighted by Crippen LogP contribution is 2.41. The van der Waals surface area contributed by atoms with E-state index in [1.165, 1.54) is 25.9 Å². The summed E-state index contributed by atoms with van der Waals surface area (Å²) in [4.78, 5) is 2.54. The van der Waals surface area contributed by atoms with Gasteiger partial charge >= 0.3 is 0 Å². The van der Waals surface area contributed by atoms with Crippen molar-refractivity contribution >= 4 is 16.8 Å². The first-order chi connectivity index (χ1) is 10.5. The fourth-order valence-corrected chi connectivity index (χ4v) is 4.20. The number of nitrogens with zero attached hydrogens (tertiary/aromatic N) is 2. The Hall–Kier alpha value is -1.62. The van der Waals surface area contributed by atoms with Crippen molar-refractivity contribution in [1.29, 1.82) is 0 Å². The maximum Gasteiger partial charge on any atom is 0.204 e. The minimum atomic E-state index is -0.314. The Morgan fingerprint density at radius 1 is 1.32 bits per heavy atom. The molecule has 0 saturated carbocycles. The minimum absolute atomic E-state index is 0.0790. The maximum absolute atomic E-state index is 14.1. The number of piperidine rings is 3. The van der Waals surface area contributed by atoms with E-state index in [1.807, 2.05) is 6.07 Å². The highest BCUT2D eigenvalue weighted by molar-refractivity contribution is 5.89. The maximum atomic E-state index is 14.1. The first-order valence-corrected chi connectivity index (χ1v) is 8.04. The summed E-state index contributed by atoms with van der Waals surface area (Å²) in [6.45, 7) is 8.64. The Morgan fingerprint density at radius 2 is 2.05 bits per heavy atom. The van der Waals surface area contributed by atoms with Crippen molar-refractivity contribution in [3.8, 4) is 0 Å². The number of anilines is 1. The van der Waals surface area contributed by atoms with Gasteiger partial charge in [0.15, 0.2) is 11.6 Å². The predicted molar refractivity (Wildman–Crippen MR) is 84.5 cm³/mol. The molecule has 3 aliphatic rings. The molecule has 0 unspecified atom stereocenters. The zero-order valence-corrected chi connectivity index (χ0v) is 13.3. The molecule has 4 nitrogen and oxygen atoms in total. The van der Waals surface area contributed by atoms with Crippen LogP contribution in [0, 0.1) is 18.7 Å². The lowest BCUT2D eigenvalue weighted by Gasteiger charge is -2.56. The Morgan fingerprint density at radius 3 is 2.73 bits per heavy atom. The van der Waals surface area contributed by atoms with Crippen molar-refractivity contribution in [2.45, 2.75) is 45.2 Å². The molecule has 3 fully saturated rings. The number of rotatable bonds is 2. The van der Waals surface area contributed by atoms with Crippen molar-refractivity contribution in [3.05, 3.63) is 23.5 Å². The molecule has 1 atom stereocenters. The molecule has 0 radical (unpaired) electrons. The van der Waals surface area contributed by atoms with Crippen LogP contribution in [0.15, 0.2) is 16.7 Å². The lowest BCUT2D eigenvalue weighted by Crippen LogP contribution is -2.66. The number of aryl methyl sites for hydroxylation is 1. The molecular formula is C17H22FN3O. The lowest BCUT2D eigenvalue weighted by molar-refractivity contribution is -0.0189. The SMILES string of the molecule is Cc1ccc2c(N[C@@H]3C4CCN(CC4)C3(C)C)noc2c1F. The van der Waals surface area contributed by atoms with Gasteiger partial charge in [0, 0.05) is 11.6 Å². The van der Waals surface area contributed by atoms with E-state index in [9.17, 15) is 4.39 Å². The first kappa shape index (κ1) is 14.0. The first-order valence-electron chi connectivity index (χ1n) is 8.04. The fourth-order valence-electron chi connectivity index (χ4n) is 4.20. The zero-order valence-electron chi connectivity index (χ0n) is 13.3. The largest absolute Gasteiger partial charge is 0.362 e. The number of hydrogen-bond donors (Lipinski definition) is 1. The standard InChI is InChI=1S/C17H22FN3O/c1-10-4-5-12-14(13(10)18)22-20-16(12)19-15-11-6-8-21(9-7-11)17(15,2)3/h4-5,11,15H,6-9H2,1-3H3,(H,19,20)/t15-/m1/s1. The molecule has 22 heavy (non-hydrogen) atoms. The van der Waals surface area contributed by atoms with E-state index in [0.717, 1.165) is 5.39 Å². The van der Waals surface area contributed by atoms with Gasteiger partial charge in [-0.15, -0.1) is 0 Å². The highest BCUT2D eigenvalue weighted by Gasteiger charge is 2.47. The number of halogens is 1. The van der Waals surface area contributed by atoms with E-state index in [-0.39, 0.29) is 16.9 Å². The Kier molecular flexibility index (Phi) is 2.98. The van der Waals surface area contributed by atoms with Crippen LogP contribution in [0.3, 0.4) is 0 Å². The summed E-state index contributed by atoms with van der Waals surface area (Å²) in [7, 11) is 0. The fraction of sp³-hybridized carbons (Fsp3) is 0.588. The summed E-state index contributed by atoms with van der Waals surface area (Å²) in [5.41, 5.74) is 0.912. The minimum Gasteiger partial charge on any atom is -0.362 e. The molecule has 5 heteroatoms. The summed E-state index contributed by atoms with van der Waals surface area (Å²) in [6.07, 6.45) is 2.43. The molecule has 1 aromatic carbocycles. The molecule has 1 N–H and O–H groups in total. The second-order valence-corrected chi connectivity index (χ2v) is 7.20. The third-order valence-corrected chi connectivity index (χ3v) is 5.65.